The number of nitrogens with zero attached hydrogens (tertiary/aromatic N) is 1. The molecule has 0 amide bonds. The first kappa shape index (κ1) is 12.3. The predicted molar refractivity (Wildman–Crippen MR) is 65.3 cm³/mol. The van der Waals surface area contributed by atoms with Crippen LogP contribution in [0.5, 0.6) is 11.5 Å². The number of carboxylic acid groups (broad SMARTS) is 1. The van der Waals surface area contributed by atoms with Gasteiger partial charge in [0.25, 0.3) is 0 Å². The zero-order valence-electron chi connectivity index (χ0n) is 10.4. The van der Waals surface area contributed by atoms with Crippen molar-refractivity contribution in [3.05, 3.63) is 23.8 Å². The van der Waals surface area contributed by atoms with Crippen molar-refractivity contribution < 1.29 is 24.1 Å². The van der Waals surface area contributed by atoms with Crippen molar-refractivity contribution in [2.45, 2.75) is 6.04 Å². The van der Waals surface area contributed by atoms with Crippen molar-refractivity contribution in [2.24, 2.45) is 0 Å². The van der Waals surface area contributed by atoms with Crippen LogP contribution in [0.25, 0.3) is 0 Å². The van der Waals surface area contributed by atoms with Crippen LogP contribution in [-0.4, -0.2) is 49.1 Å². The fourth-order valence-corrected chi connectivity index (χ4v) is 2.43. The van der Waals surface area contributed by atoms with E-state index in [-0.39, 0.29) is 6.79 Å². The predicted octanol–water partition coefficient (Wildman–Crippen LogP) is 0.873. The molecule has 2 heterocycles. The SMILES string of the molecule is O=C(O)C(c1ccc2c(c1)OCO2)N1CCOCC1. The van der Waals surface area contributed by atoms with E-state index >= 15 is 0 Å². The van der Waals surface area contributed by atoms with Crippen LogP contribution in [0.2, 0.25) is 0 Å². The number of rotatable bonds is 3. The Hall–Kier alpha value is -1.79. The van der Waals surface area contributed by atoms with Gasteiger partial charge in [-0.05, 0) is 17.7 Å². The third kappa shape index (κ3) is 2.36. The summed E-state index contributed by atoms with van der Waals surface area (Å²) in [5.41, 5.74) is 0.707. The molecule has 1 atom stereocenters. The monoisotopic (exact) mass is 265 g/mol. The Kier molecular flexibility index (Phi) is 3.27. The molecule has 2 aliphatic rings. The van der Waals surface area contributed by atoms with E-state index in [4.69, 9.17) is 14.2 Å². The molecule has 0 spiro atoms. The lowest BCUT2D eigenvalue weighted by Gasteiger charge is -2.32. The first-order chi connectivity index (χ1) is 9.25. The van der Waals surface area contributed by atoms with Gasteiger partial charge in [0.1, 0.15) is 6.04 Å². The molecule has 0 aromatic heterocycles. The topological polar surface area (TPSA) is 68.2 Å². The average molecular weight is 265 g/mol. The average Bonchev–Trinajstić information content (AvgIpc) is 2.87. The van der Waals surface area contributed by atoms with Crippen molar-refractivity contribution in [2.75, 3.05) is 33.1 Å². The molecule has 0 radical (unpaired) electrons. The summed E-state index contributed by atoms with van der Waals surface area (Å²) in [6, 6.07) is 4.62. The van der Waals surface area contributed by atoms with Gasteiger partial charge in [0.05, 0.1) is 13.2 Å². The van der Waals surface area contributed by atoms with E-state index in [0.29, 0.717) is 43.4 Å². The summed E-state index contributed by atoms with van der Waals surface area (Å²) in [5.74, 6) is 0.410. The third-order valence-electron chi connectivity index (χ3n) is 3.36. The highest BCUT2D eigenvalue weighted by molar-refractivity contribution is 5.76. The Labute approximate surface area is 110 Å². The summed E-state index contributed by atoms with van der Waals surface area (Å²) in [5, 5.41) is 9.47. The van der Waals surface area contributed by atoms with Gasteiger partial charge in [-0.1, -0.05) is 6.07 Å². The number of carbonyl (C=O) groups is 1. The summed E-state index contributed by atoms with van der Waals surface area (Å²) in [6.07, 6.45) is 0. The third-order valence-corrected chi connectivity index (χ3v) is 3.36. The molecule has 1 saturated heterocycles. The van der Waals surface area contributed by atoms with Gasteiger partial charge in [0, 0.05) is 13.1 Å². The highest BCUT2D eigenvalue weighted by Crippen LogP contribution is 2.35. The molecule has 1 fully saturated rings. The molecule has 3 rings (SSSR count). The molecular weight excluding hydrogens is 250 g/mol. The molecule has 0 aliphatic carbocycles. The largest absolute Gasteiger partial charge is 0.480 e. The molecule has 1 N–H and O–H groups in total. The molecule has 0 saturated carbocycles. The van der Waals surface area contributed by atoms with Gasteiger partial charge in [0.2, 0.25) is 6.79 Å². The molecule has 1 unspecified atom stereocenters. The summed E-state index contributed by atoms with van der Waals surface area (Å²) >= 11 is 0. The Morgan fingerprint density at radius 1 is 1.21 bits per heavy atom. The zero-order valence-corrected chi connectivity index (χ0v) is 10.4. The van der Waals surface area contributed by atoms with Crippen LogP contribution in [0, 0.1) is 0 Å². The van der Waals surface area contributed by atoms with Gasteiger partial charge in [-0.15, -0.1) is 0 Å². The minimum Gasteiger partial charge on any atom is -0.480 e. The van der Waals surface area contributed by atoms with Gasteiger partial charge in [-0.3, -0.25) is 9.69 Å². The van der Waals surface area contributed by atoms with Gasteiger partial charge < -0.3 is 19.3 Å². The summed E-state index contributed by atoms with van der Waals surface area (Å²) in [7, 11) is 0. The number of ether oxygens (including phenoxy) is 3. The fraction of sp³-hybridized carbons (Fsp3) is 0.462. The molecule has 0 bridgehead atoms. The first-order valence-corrected chi connectivity index (χ1v) is 6.20. The van der Waals surface area contributed by atoms with Gasteiger partial charge in [-0.2, -0.15) is 0 Å². The van der Waals surface area contributed by atoms with Crippen molar-refractivity contribution in [1.29, 1.82) is 0 Å². The summed E-state index contributed by atoms with van der Waals surface area (Å²) in [4.78, 5) is 13.5. The Balaban J connectivity index is 1.89. The van der Waals surface area contributed by atoms with Crippen LogP contribution >= 0.6 is 0 Å². The van der Waals surface area contributed by atoms with Crippen LogP contribution < -0.4 is 9.47 Å². The maximum Gasteiger partial charge on any atom is 0.325 e. The van der Waals surface area contributed by atoms with E-state index < -0.39 is 12.0 Å². The Bertz CT molecular complexity index is 484. The molecule has 102 valence electrons. The van der Waals surface area contributed by atoms with Crippen LogP contribution in [-0.2, 0) is 9.53 Å². The molecule has 6 heteroatoms. The number of benzene rings is 1. The maximum absolute atomic E-state index is 11.5. The van der Waals surface area contributed by atoms with E-state index in [1.54, 1.807) is 18.2 Å². The van der Waals surface area contributed by atoms with Crippen LogP contribution in [0.15, 0.2) is 18.2 Å². The molecule has 19 heavy (non-hydrogen) atoms. The Morgan fingerprint density at radius 3 is 2.68 bits per heavy atom. The number of hydrogen-bond donors (Lipinski definition) is 1. The number of morpholine rings is 1. The highest BCUT2D eigenvalue weighted by atomic mass is 16.7. The second-order valence-corrected chi connectivity index (χ2v) is 4.50. The molecule has 1 aromatic carbocycles. The lowest BCUT2D eigenvalue weighted by atomic mass is 10.0. The minimum atomic E-state index is -0.860. The smallest absolute Gasteiger partial charge is 0.325 e. The van der Waals surface area contributed by atoms with E-state index in [9.17, 15) is 9.90 Å². The molecular formula is C13H15NO5. The van der Waals surface area contributed by atoms with Crippen LogP contribution in [0.4, 0.5) is 0 Å². The zero-order chi connectivity index (χ0) is 13.2. The summed E-state index contributed by atoms with van der Waals surface area (Å²) < 4.78 is 15.8. The van der Waals surface area contributed by atoms with Crippen molar-refractivity contribution >= 4 is 5.97 Å². The van der Waals surface area contributed by atoms with Crippen LogP contribution in [0.1, 0.15) is 11.6 Å². The maximum atomic E-state index is 11.5. The minimum absolute atomic E-state index is 0.189. The molecule has 2 aliphatic heterocycles. The quantitative estimate of drug-likeness (QED) is 0.874. The van der Waals surface area contributed by atoms with Gasteiger partial charge in [0.15, 0.2) is 11.5 Å². The van der Waals surface area contributed by atoms with E-state index in [1.807, 2.05) is 4.90 Å². The lowest BCUT2D eigenvalue weighted by molar-refractivity contribution is -0.145. The number of aliphatic carboxylic acids is 1. The van der Waals surface area contributed by atoms with E-state index in [0.717, 1.165) is 0 Å². The first-order valence-electron chi connectivity index (χ1n) is 6.20. The van der Waals surface area contributed by atoms with E-state index in [1.165, 1.54) is 0 Å². The standard InChI is InChI=1S/C13H15NO5/c15-13(16)12(14-3-5-17-6-4-14)9-1-2-10-11(7-9)19-8-18-10/h1-2,7,12H,3-6,8H2,(H,15,16). The van der Waals surface area contributed by atoms with Gasteiger partial charge >= 0.3 is 5.97 Å². The van der Waals surface area contributed by atoms with Crippen molar-refractivity contribution in [3.63, 3.8) is 0 Å². The summed E-state index contributed by atoms with van der Waals surface area (Å²) in [6.45, 7) is 2.55. The number of fused-ring (bicyclic) bond motifs is 1. The Morgan fingerprint density at radius 2 is 1.95 bits per heavy atom. The van der Waals surface area contributed by atoms with Crippen molar-refractivity contribution in [1.82, 2.24) is 4.90 Å². The van der Waals surface area contributed by atoms with Crippen LogP contribution in [0.3, 0.4) is 0 Å². The number of hydrogen-bond acceptors (Lipinski definition) is 5. The highest BCUT2D eigenvalue weighted by Gasteiger charge is 2.30. The number of carboxylic acids is 1. The molecule has 6 nitrogen and oxygen atoms in total. The molecule has 1 aromatic rings. The second-order valence-electron chi connectivity index (χ2n) is 4.50. The normalized spacial score (nSPS) is 20.2. The fourth-order valence-electron chi connectivity index (χ4n) is 2.43. The van der Waals surface area contributed by atoms with E-state index in [2.05, 4.69) is 0 Å². The lowest BCUT2D eigenvalue weighted by Crippen LogP contribution is -2.42. The van der Waals surface area contributed by atoms with Gasteiger partial charge in [-0.25, -0.2) is 0 Å². The second kappa shape index (κ2) is 5.07. The van der Waals surface area contributed by atoms with Crippen molar-refractivity contribution in [3.8, 4) is 11.5 Å².